The van der Waals surface area contributed by atoms with Crippen molar-refractivity contribution in [3.05, 3.63) is 47.9 Å². The van der Waals surface area contributed by atoms with E-state index in [1.54, 1.807) is 30.0 Å². The smallest absolute Gasteiger partial charge is 0.387 e. The summed E-state index contributed by atoms with van der Waals surface area (Å²) in [6.07, 6.45) is 1.62. The molecular formula is C18H18F2N2O4. The van der Waals surface area contributed by atoms with Crippen LogP contribution in [0.25, 0.3) is 0 Å². The Balaban J connectivity index is 1.64. The number of nitrogens with zero attached hydrogens (tertiary/aromatic N) is 1. The highest BCUT2D eigenvalue weighted by atomic mass is 19.3. The number of nitrogens with one attached hydrogen (secondary N) is 1. The summed E-state index contributed by atoms with van der Waals surface area (Å²) >= 11 is 0. The SMILES string of the molecule is Cc1c(NC(=O)C2CC(=O)N(Cc3ccco3)C2)cccc1OC(F)F. The minimum Gasteiger partial charge on any atom is -0.467 e. The fourth-order valence-corrected chi connectivity index (χ4v) is 2.90. The zero-order chi connectivity index (χ0) is 18.7. The summed E-state index contributed by atoms with van der Waals surface area (Å²) in [6.45, 7) is -0.775. The summed E-state index contributed by atoms with van der Waals surface area (Å²) < 4.78 is 34.5. The first-order valence-electron chi connectivity index (χ1n) is 8.09. The molecule has 1 aliphatic rings. The topological polar surface area (TPSA) is 71.8 Å². The molecule has 0 spiro atoms. The summed E-state index contributed by atoms with van der Waals surface area (Å²) in [7, 11) is 0. The van der Waals surface area contributed by atoms with Gasteiger partial charge in [-0.05, 0) is 31.2 Å². The molecule has 8 heteroatoms. The first-order chi connectivity index (χ1) is 12.4. The molecular weight excluding hydrogens is 346 g/mol. The highest BCUT2D eigenvalue weighted by molar-refractivity contribution is 5.97. The number of carbonyl (C=O) groups is 2. The van der Waals surface area contributed by atoms with Gasteiger partial charge in [0.05, 0.1) is 18.7 Å². The third-order valence-electron chi connectivity index (χ3n) is 4.27. The molecule has 2 aromatic rings. The molecule has 2 amide bonds. The van der Waals surface area contributed by atoms with Crippen molar-refractivity contribution in [2.24, 2.45) is 5.92 Å². The van der Waals surface area contributed by atoms with E-state index in [1.807, 2.05) is 0 Å². The average Bonchev–Trinajstić information content (AvgIpc) is 3.22. The molecule has 0 saturated carbocycles. The molecule has 6 nitrogen and oxygen atoms in total. The Labute approximate surface area is 148 Å². The minimum atomic E-state index is -2.94. The number of rotatable bonds is 6. The van der Waals surface area contributed by atoms with E-state index in [9.17, 15) is 18.4 Å². The third-order valence-corrected chi connectivity index (χ3v) is 4.27. The molecule has 138 valence electrons. The Morgan fingerprint density at radius 2 is 2.19 bits per heavy atom. The number of furan rings is 1. The number of amides is 2. The monoisotopic (exact) mass is 364 g/mol. The van der Waals surface area contributed by atoms with Gasteiger partial charge >= 0.3 is 6.61 Å². The molecule has 1 aliphatic heterocycles. The molecule has 1 N–H and O–H groups in total. The number of ether oxygens (including phenoxy) is 1. The van der Waals surface area contributed by atoms with Crippen LogP contribution in [0.2, 0.25) is 0 Å². The van der Waals surface area contributed by atoms with E-state index < -0.39 is 12.5 Å². The molecule has 1 atom stereocenters. The Morgan fingerprint density at radius 1 is 1.38 bits per heavy atom. The van der Waals surface area contributed by atoms with E-state index in [0.29, 0.717) is 23.6 Å². The lowest BCUT2D eigenvalue weighted by atomic mass is 10.1. The molecule has 0 aliphatic carbocycles. The van der Waals surface area contributed by atoms with Gasteiger partial charge in [-0.3, -0.25) is 9.59 Å². The highest BCUT2D eigenvalue weighted by Gasteiger charge is 2.34. The highest BCUT2D eigenvalue weighted by Crippen LogP contribution is 2.28. The largest absolute Gasteiger partial charge is 0.467 e. The van der Waals surface area contributed by atoms with Gasteiger partial charge in [-0.2, -0.15) is 8.78 Å². The lowest BCUT2D eigenvalue weighted by Gasteiger charge is -2.16. The van der Waals surface area contributed by atoms with Crippen molar-refractivity contribution in [1.29, 1.82) is 0 Å². The molecule has 1 fully saturated rings. The number of halogens is 2. The standard InChI is InChI=1S/C18H18F2N2O4/c1-11-14(5-2-6-15(11)26-18(19)20)21-17(24)12-8-16(23)22(9-12)10-13-4-3-7-25-13/h2-7,12,18H,8-10H2,1H3,(H,21,24). The number of benzene rings is 1. The predicted molar refractivity (Wildman–Crippen MR) is 88.7 cm³/mol. The molecule has 26 heavy (non-hydrogen) atoms. The normalized spacial score (nSPS) is 17.0. The maximum Gasteiger partial charge on any atom is 0.387 e. The van der Waals surface area contributed by atoms with Crippen LogP contribution in [0.3, 0.4) is 0 Å². The van der Waals surface area contributed by atoms with Crippen LogP contribution in [0.1, 0.15) is 17.7 Å². The van der Waals surface area contributed by atoms with Crippen molar-refractivity contribution in [2.75, 3.05) is 11.9 Å². The molecule has 2 heterocycles. The number of likely N-dealkylation sites (tertiary alicyclic amines) is 1. The molecule has 0 radical (unpaired) electrons. The van der Waals surface area contributed by atoms with Crippen LogP contribution in [0.15, 0.2) is 41.0 Å². The average molecular weight is 364 g/mol. The Bertz CT molecular complexity index is 792. The molecule has 0 bridgehead atoms. The van der Waals surface area contributed by atoms with Gasteiger partial charge in [0, 0.05) is 24.2 Å². The molecule has 1 aromatic carbocycles. The molecule has 1 unspecified atom stereocenters. The summed E-state index contributed by atoms with van der Waals surface area (Å²) in [5.41, 5.74) is 0.781. The summed E-state index contributed by atoms with van der Waals surface area (Å²) in [5.74, 6) is -0.339. The summed E-state index contributed by atoms with van der Waals surface area (Å²) in [4.78, 5) is 26.2. The van der Waals surface area contributed by atoms with Crippen molar-refractivity contribution in [3.8, 4) is 5.75 Å². The number of anilines is 1. The quantitative estimate of drug-likeness (QED) is 0.855. The molecule has 1 aromatic heterocycles. The van der Waals surface area contributed by atoms with E-state index in [0.717, 1.165) is 0 Å². The zero-order valence-electron chi connectivity index (χ0n) is 14.1. The Morgan fingerprint density at radius 3 is 2.88 bits per heavy atom. The van der Waals surface area contributed by atoms with Gasteiger partial charge in [-0.25, -0.2) is 0 Å². The summed E-state index contributed by atoms with van der Waals surface area (Å²) in [5, 5.41) is 2.70. The number of alkyl halides is 2. The minimum absolute atomic E-state index is 0.000237. The van der Waals surface area contributed by atoms with E-state index in [-0.39, 0.29) is 30.5 Å². The lowest BCUT2D eigenvalue weighted by Crippen LogP contribution is -2.28. The Kier molecular flexibility index (Phi) is 5.20. The van der Waals surface area contributed by atoms with Crippen LogP contribution in [0.5, 0.6) is 5.75 Å². The molecule has 1 saturated heterocycles. The van der Waals surface area contributed by atoms with Gasteiger partial charge in [0.25, 0.3) is 0 Å². The second-order valence-corrected chi connectivity index (χ2v) is 6.05. The van der Waals surface area contributed by atoms with Gasteiger partial charge in [-0.1, -0.05) is 6.07 Å². The third kappa shape index (κ3) is 4.01. The maximum atomic E-state index is 12.5. The van der Waals surface area contributed by atoms with Crippen molar-refractivity contribution >= 4 is 17.5 Å². The number of hydrogen-bond acceptors (Lipinski definition) is 4. The van der Waals surface area contributed by atoms with Crippen LogP contribution < -0.4 is 10.1 Å². The second kappa shape index (κ2) is 7.55. The van der Waals surface area contributed by atoms with Gasteiger partial charge < -0.3 is 19.4 Å². The van der Waals surface area contributed by atoms with Gasteiger partial charge in [0.2, 0.25) is 11.8 Å². The second-order valence-electron chi connectivity index (χ2n) is 6.05. The first kappa shape index (κ1) is 17.9. The van der Waals surface area contributed by atoms with Crippen LogP contribution in [0, 0.1) is 12.8 Å². The van der Waals surface area contributed by atoms with Gasteiger partial charge in [0.15, 0.2) is 0 Å². The van der Waals surface area contributed by atoms with Crippen molar-refractivity contribution in [2.45, 2.75) is 26.5 Å². The lowest BCUT2D eigenvalue weighted by molar-refractivity contribution is -0.128. The zero-order valence-corrected chi connectivity index (χ0v) is 14.1. The van der Waals surface area contributed by atoms with Crippen molar-refractivity contribution in [1.82, 2.24) is 4.90 Å². The van der Waals surface area contributed by atoms with E-state index in [2.05, 4.69) is 10.1 Å². The van der Waals surface area contributed by atoms with E-state index in [4.69, 9.17) is 4.42 Å². The number of carbonyl (C=O) groups excluding carboxylic acids is 2. The van der Waals surface area contributed by atoms with Crippen molar-refractivity contribution in [3.63, 3.8) is 0 Å². The fourth-order valence-electron chi connectivity index (χ4n) is 2.90. The molecule has 3 rings (SSSR count). The van der Waals surface area contributed by atoms with Gasteiger partial charge in [0.1, 0.15) is 11.5 Å². The maximum absolute atomic E-state index is 12.5. The van der Waals surface area contributed by atoms with E-state index >= 15 is 0 Å². The predicted octanol–water partition coefficient (Wildman–Crippen LogP) is 3.18. The van der Waals surface area contributed by atoms with Crippen LogP contribution >= 0.6 is 0 Å². The van der Waals surface area contributed by atoms with Crippen LogP contribution in [-0.4, -0.2) is 29.9 Å². The van der Waals surface area contributed by atoms with Crippen molar-refractivity contribution < 1.29 is 27.5 Å². The van der Waals surface area contributed by atoms with Crippen LogP contribution in [0.4, 0.5) is 14.5 Å². The first-order valence-corrected chi connectivity index (χ1v) is 8.09. The Hall–Kier alpha value is -2.90. The number of hydrogen-bond donors (Lipinski definition) is 1. The fraction of sp³-hybridized carbons (Fsp3) is 0.333. The van der Waals surface area contributed by atoms with E-state index in [1.165, 1.54) is 18.4 Å². The van der Waals surface area contributed by atoms with Crippen LogP contribution in [-0.2, 0) is 16.1 Å². The van der Waals surface area contributed by atoms with Gasteiger partial charge in [-0.15, -0.1) is 0 Å². The summed E-state index contributed by atoms with van der Waals surface area (Å²) in [6, 6.07) is 8.02.